The first-order valence-electron chi connectivity index (χ1n) is 8.35. The van der Waals surface area contributed by atoms with E-state index in [4.69, 9.17) is 9.47 Å². The second kappa shape index (κ2) is 8.47. The molecule has 1 amide bonds. The summed E-state index contributed by atoms with van der Waals surface area (Å²) in [6, 6.07) is 10.5. The van der Waals surface area contributed by atoms with Crippen molar-refractivity contribution >= 4 is 12.1 Å². The van der Waals surface area contributed by atoms with Crippen LogP contribution in [0.3, 0.4) is 0 Å². The molecule has 6 heteroatoms. The van der Waals surface area contributed by atoms with Crippen molar-refractivity contribution in [1.82, 2.24) is 10.3 Å². The van der Waals surface area contributed by atoms with Crippen LogP contribution in [-0.2, 0) is 15.9 Å². The molecule has 1 atom stereocenters. The highest BCUT2D eigenvalue weighted by Gasteiger charge is 2.21. The molecule has 138 valence electrons. The molecule has 0 radical (unpaired) electrons. The molecule has 6 nitrogen and oxygen atoms in total. The number of carbonyl (C=O) groups excluding carboxylic acids is 2. The maximum Gasteiger partial charge on any atom is 0.408 e. The first-order valence-corrected chi connectivity index (χ1v) is 8.35. The number of alkyl carbamates (subject to hydrolysis) is 1. The van der Waals surface area contributed by atoms with Crippen LogP contribution < -0.4 is 5.32 Å². The third-order valence-corrected chi connectivity index (χ3v) is 3.59. The minimum atomic E-state index is -0.578. The second-order valence-electron chi connectivity index (χ2n) is 6.88. The van der Waals surface area contributed by atoms with Gasteiger partial charge in [-0.25, -0.2) is 9.59 Å². The topological polar surface area (TPSA) is 77.5 Å². The normalized spacial score (nSPS) is 12.2. The molecule has 1 aromatic heterocycles. The molecule has 0 saturated carbocycles. The number of benzene rings is 1. The van der Waals surface area contributed by atoms with Gasteiger partial charge >= 0.3 is 12.1 Å². The minimum absolute atomic E-state index is 0.303. The lowest BCUT2D eigenvalue weighted by Crippen LogP contribution is -2.35. The number of methoxy groups -OCH3 is 1. The van der Waals surface area contributed by atoms with Crippen molar-refractivity contribution in [3.63, 3.8) is 0 Å². The Labute approximate surface area is 153 Å². The quantitative estimate of drug-likeness (QED) is 0.827. The summed E-state index contributed by atoms with van der Waals surface area (Å²) in [4.78, 5) is 27.9. The Hall–Kier alpha value is -2.89. The van der Waals surface area contributed by atoms with Gasteiger partial charge in [-0.15, -0.1) is 0 Å². The molecule has 2 aromatic rings. The van der Waals surface area contributed by atoms with Gasteiger partial charge in [0, 0.05) is 12.4 Å². The molecule has 1 heterocycles. The van der Waals surface area contributed by atoms with Crippen LogP contribution in [0.4, 0.5) is 4.79 Å². The lowest BCUT2D eigenvalue weighted by atomic mass is 9.99. The SMILES string of the molecule is COC(=O)c1ccc(CC(NC(=O)OC(C)(C)C)c2cccnc2)cc1. The fourth-order valence-electron chi connectivity index (χ4n) is 2.41. The third-order valence-electron chi connectivity index (χ3n) is 3.59. The smallest absolute Gasteiger partial charge is 0.408 e. The summed E-state index contributed by atoms with van der Waals surface area (Å²) >= 11 is 0. The van der Waals surface area contributed by atoms with Gasteiger partial charge in [0.15, 0.2) is 0 Å². The molecule has 1 N–H and O–H groups in total. The maximum atomic E-state index is 12.2. The maximum absolute atomic E-state index is 12.2. The molecule has 0 fully saturated rings. The van der Waals surface area contributed by atoms with Crippen LogP contribution in [-0.4, -0.2) is 29.8 Å². The average Bonchev–Trinajstić information content (AvgIpc) is 2.60. The van der Waals surface area contributed by atoms with Gasteiger partial charge in [-0.1, -0.05) is 18.2 Å². The van der Waals surface area contributed by atoms with Crippen LogP contribution in [0, 0.1) is 0 Å². The first kappa shape index (κ1) is 19.4. The van der Waals surface area contributed by atoms with Gasteiger partial charge in [-0.05, 0) is 56.5 Å². The Morgan fingerprint density at radius 2 is 1.85 bits per heavy atom. The van der Waals surface area contributed by atoms with E-state index in [0.29, 0.717) is 12.0 Å². The zero-order chi connectivity index (χ0) is 19.2. The van der Waals surface area contributed by atoms with Gasteiger partial charge in [0.25, 0.3) is 0 Å². The molecule has 1 unspecified atom stereocenters. The van der Waals surface area contributed by atoms with E-state index in [1.54, 1.807) is 24.5 Å². The Morgan fingerprint density at radius 3 is 2.38 bits per heavy atom. The van der Waals surface area contributed by atoms with Gasteiger partial charge in [0.05, 0.1) is 18.7 Å². The summed E-state index contributed by atoms with van der Waals surface area (Å²) in [6.45, 7) is 5.45. The van der Waals surface area contributed by atoms with Crippen molar-refractivity contribution < 1.29 is 19.1 Å². The summed E-state index contributed by atoms with van der Waals surface area (Å²) in [7, 11) is 1.35. The number of pyridine rings is 1. The largest absolute Gasteiger partial charge is 0.465 e. The monoisotopic (exact) mass is 356 g/mol. The molecule has 26 heavy (non-hydrogen) atoms. The van der Waals surface area contributed by atoms with E-state index in [2.05, 4.69) is 10.3 Å². The summed E-state index contributed by atoms with van der Waals surface area (Å²) in [6.07, 6.45) is 3.44. The van der Waals surface area contributed by atoms with Gasteiger partial charge in [0.2, 0.25) is 0 Å². The third kappa shape index (κ3) is 5.88. The fraction of sp³-hybridized carbons (Fsp3) is 0.350. The lowest BCUT2D eigenvalue weighted by molar-refractivity contribution is 0.0502. The molecular weight excluding hydrogens is 332 g/mol. The summed E-state index contributed by atoms with van der Waals surface area (Å²) < 4.78 is 10.1. The van der Waals surface area contributed by atoms with Crippen molar-refractivity contribution in [1.29, 1.82) is 0 Å². The lowest BCUT2D eigenvalue weighted by Gasteiger charge is -2.24. The van der Waals surface area contributed by atoms with Gasteiger partial charge < -0.3 is 14.8 Å². The van der Waals surface area contributed by atoms with E-state index >= 15 is 0 Å². The molecule has 0 spiro atoms. The van der Waals surface area contributed by atoms with Gasteiger partial charge in [0.1, 0.15) is 5.60 Å². The van der Waals surface area contributed by atoms with E-state index < -0.39 is 11.7 Å². The van der Waals surface area contributed by atoms with Crippen molar-refractivity contribution in [3.8, 4) is 0 Å². The van der Waals surface area contributed by atoms with Crippen molar-refractivity contribution in [2.24, 2.45) is 0 Å². The number of amides is 1. The molecule has 0 saturated heterocycles. The zero-order valence-electron chi connectivity index (χ0n) is 15.5. The number of esters is 1. The summed E-state index contributed by atoms with van der Waals surface area (Å²) in [5, 5.41) is 2.89. The molecular formula is C20H24N2O4. The molecule has 0 bridgehead atoms. The van der Waals surface area contributed by atoms with E-state index in [9.17, 15) is 9.59 Å². The first-order chi connectivity index (χ1) is 12.3. The predicted octanol–water partition coefficient (Wildman–Crippen LogP) is 3.68. The molecule has 2 rings (SSSR count). The molecule has 0 aliphatic heterocycles. The average molecular weight is 356 g/mol. The van der Waals surface area contributed by atoms with E-state index in [-0.39, 0.29) is 12.0 Å². The standard InChI is InChI=1S/C20H24N2O4/c1-20(2,3)26-19(24)22-17(16-6-5-11-21-13-16)12-14-7-9-15(10-8-14)18(23)25-4/h5-11,13,17H,12H2,1-4H3,(H,22,24). The Kier molecular flexibility index (Phi) is 6.33. The number of aromatic nitrogens is 1. The second-order valence-corrected chi connectivity index (χ2v) is 6.88. The zero-order valence-corrected chi connectivity index (χ0v) is 15.5. The van der Waals surface area contributed by atoms with Crippen LogP contribution >= 0.6 is 0 Å². The number of hydrogen-bond donors (Lipinski definition) is 1. The Bertz CT molecular complexity index is 737. The number of rotatable bonds is 5. The number of ether oxygens (including phenoxy) is 2. The summed E-state index contributed by atoms with van der Waals surface area (Å²) in [5.41, 5.74) is 1.73. The molecule has 1 aromatic carbocycles. The fourth-order valence-corrected chi connectivity index (χ4v) is 2.41. The minimum Gasteiger partial charge on any atom is -0.465 e. The highest BCUT2D eigenvalue weighted by molar-refractivity contribution is 5.89. The van der Waals surface area contributed by atoms with E-state index in [1.165, 1.54) is 7.11 Å². The van der Waals surface area contributed by atoms with Crippen molar-refractivity contribution in [2.75, 3.05) is 7.11 Å². The van der Waals surface area contributed by atoms with E-state index in [0.717, 1.165) is 11.1 Å². The van der Waals surface area contributed by atoms with Crippen LogP contribution in [0.15, 0.2) is 48.8 Å². The number of nitrogens with zero attached hydrogens (tertiary/aromatic N) is 1. The Morgan fingerprint density at radius 1 is 1.15 bits per heavy atom. The number of hydrogen-bond acceptors (Lipinski definition) is 5. The van der Waals surface area contributed by atoms with Crippen molar-refractivity contribution in [2.45, 2.75) is 38.8 Å². The highest BCUT2D eigenvalue weighted by Crippen LogP contribution is 2.19. The van der Waals surface area contributed by atoms with Crippen LogP contribution in [0.1, 0.15) is 48.3 Å². The molecule has 0 aliphatic rings. The molecule has 0 aliphatic carbocycles. The van der Waals surface area contributed by atoms with Crippen LogP contribution in [0.2, 0.25) is 0 Å². The van der Waals surface area contributed by atoms with Gasteiger partial charge in [-0.3, -0.25) is 4.98 Å². The Balaban J connectivity index is 2.16. The highest BCUT2D eigenvalue weighted by atomic mass is 16.6. The number of nitrogens with one attached hydrogen (secondary N) is 1. The predicted molar refractivity (Wildman–Crippen MR) is 97.8 cm³/mol. The van der Waals surface area contributed by atoms with Crippen LogP contribution in [0.25, 0.3) is 0 Å². The number of carbonyl (C=O) groups is 2. The van der Waals surface area contributed by atoms with Gasteiger partial charge in [-0.2, -0.15) is 0 Å². The van der Waals surface area contributed by atoms with E-state index in [1.807, 2.05) is 45.0 Å². The summed E-state index contributed by atoms with van der Waals surface area (Å²) in [5.74, 6) is -0.382. The van der Waals surface area contributed by atoms with Crippen molar-refractivity contribution in [3.05, 3.63) is 65.5 Å². The van der Waals surface area contributed by atoms with Crippen LogP contribution in [0.5, 0.6) is 0 Å².